The average molecular weight is 319 g/mol. The summed E-state index contributed by atoms with van der Waals surface area (Å²) in [4.78, 5) is 2.43. The van der Waals surface area contributed by atoms with Crippen LogP contribution < -0.4 is 0 Å². The molecule has 1 atom stereocenters. The Balaban J connectivity index is 1.88. The molecule has 2 aromatic rings. The molecule has 2 aromatic carbocycles. The largest absolute Gasteiger partial charge is 0.392 e. The Morgan fingerprint density at radius 1 is 0.958 bits per heavy atom. The van der Waals surface area contributed by atoms with E-state index in [0.29, 0.717) is 11.8 Å². The van der Waals surface area contributed by atoms with E-state index < -0.39 is 0 Å². The molecule has 0 radical (unpaired) electrons. The summed E-state index contributed by atoms with van der Waals surface area (Å²) >= 11 is 0. The van der Waals surface area contributed by atoms with Crippen LogP contribution in [0.5, 0.6) is 0 Å². The van der Waals surface area contributed by atoms with Crippen LogP contribution in [0.4, 0.5) is 0 Å². The minimum Gasteiger partial charge on any atom is -0.392 e. The Morgan fingerprint density at radius 2 is 1.62 bits per heavy atom. The number of fused-ring (bicyclic) bond motifs is 2. The fourth-order valence-electron chi connectivity index (χ4n) is 4.42. The molecule has 2 heteroatoms. The first-order chi connectivity index (χ1) is 11.8. The molecule has 1 heterocycles. The lowest BCUT2D eigenvalue weighted by atomic mass is 9.74. The van der Waals surface area contributed by atoms with E-state index in [-0.39, 0.29) is 6.61 Å². The summed E-state index contributed by atoms with van der Waals surface area (Å²) in [5.41, 5.74) is 6.33. The van der Waals surface area contributed by atoms with Gasteiger partial charge in [-0.15, -0.1) is 0 Å². The summed E-state index contributed by atoms with van der Waals surface area (Å²) in [7, 11) is 2.22. The molecule has 24 heavy (non-hydrogen) atoms. The molecule has 0 amide bonds. The summed E-state index contributed by atoms with van der Waals surface area (Å²) in [6.45, 7) is 2.43. The van der Waals surface area contributed by atoms with E-state index in [1.54, 1.807) is 0 Å². The summed E-state index contributed by atoms with van der Waals surface area (Å²) in [5.74, 6) is 1.08. The first-order valence-electron chi connectivity index (χ1n) is 8.96. The smallest absolute Gasteiger partial charge is 0.0687 e. The number of piperidine rings is 1. The zero-order valence-corrected chi connectivity index (χ0v) is 14.3. The van der Waals surface area contributed by atoms with Gasteiger partial charge in [-0.2, -0.15) is 0 Å². The molecule has 1 aliphatic carbocycles. The van der Waals surface area contributed by atoms with Crippen molar-refractivity contribution < 1.29 is 5.11 Å². The Morgan fingerprint density at radius 3 is 2.38 bits per heavy atom. The highest BCUT2D eigenvalue weighted by Gasteiger charge is 2.32. The van der Waals surface area contributed by atoms with Crippen molar-refractivity contribution in [2.75, 3.05) is 26.7 Å². The molecule has 2 aliphatic rings. The van der Waals surface area contributed by atoms with Crippen LogP contribution in [0.1, 0.15) is 41.0 Å². The van der Waals surface area contributed by atoms with Crippen LogP contribution in [0.2, 0.25) is 0 Å². The lowest BCUT2D eigenvalue weighted by Gasteiger charge is -2.35. The maximum atomic E-state index is 9.94. The van der Waals surface area contributed by atoms with E-state index in [2.05, 4.69) is 66.6 Å². The molecule has 0 saturated carbocycles. The first kappa shape index (κ1) is 15.6. The van der Waals surface area contributed by atoms with Crippen LogP contribution in [0.15, 0.2) is 48.5 Å². The second kappa shape index (κ2) is 6.54. The Labute approximate surface area is 144 Å². The SMILES string of the molecule is CN1CCC(C2c3ccccc3C=C(CO)c3ccccc32)CC1. The van der Waals surface area contributed by atoms with Crippen LogP contribution in [0.3, 0.4) is 0 Å². The van der Waals surface area contributed by atoms with Crippen molar-refractivity contribution in [1.82, 2.24) is 4.90 Å². The van der Waals surface area contributed by atoms with Crippen LogP contribution >= 0.6 is 0 Å². The van der Waals surface area contributed by atoms with Gasteiger partial charge in [0.05, 0.1) is 6.61 Å². The Hall–Kier alpha value is -1.90. The molecule has 1 saturated heterocycles. The van der Waals surface area contributed by atoms with Crippen molar-refractivity contribution in [3.8, 4) is 0 Å². The number of aliphatic hydroxyl groups is 1. The lowest BCUT2D eigenvalue weighted by molar-refractivity contribution is 0.207. The van der Waals surface area contributed by atoms with Crippen molar-refractivity contribution in [3.05, 3.63) is 70.8 Å². The minimum absolute atomic E-state index is 0.0888. The number of aliphatic hydroxyl groups excluding tert-OH is 1. The predicted octanol–water partition coefficient (Wildman–Crippen LogP) is 4.01. The molecule has 4 rings (SSSR count). The van der Waals surface area contributed by atoms with Gasteiger partial charge in [0.15, 0.2) is 0 Å². The van der Waals surface area contributed by atoms with Gasteiger partial charge in [-0.05, 0) is 72.8 Å². The van der Waals surface area contributed by atoms with E-state index in [1.807, 2.05) is 0 Å². The van der Waals surface area contributed by atoms with Crippen molar-refractivity contribution in [1.29, 1.82) is 0 Å². The van der Waals surface area contributed by atoms with Crippen molar-refractivity contribution in [3.63, 3.8) is 0 Å². The van der Waals surface area contributed by atoms with E-state index in [4.69, 9.17) is 0 Å². The van der Waals surface area contributed by atoms with Crippen LogP contribution in [-0.2, 0) is 0 Å². The van der Waals surface area contributed by atoms with Gasteiger partial charge in [0.1, 0.15) is 0 Å². The zero-order valence-electron chi connectivity index (χ0n) is 14.3. The van der Waals surface area contributed by atoms with Gasteiger partial charge in [0, 0.05) is 5.92 Å². The molecule has 1 fully saturated rings. The molecular weight excluding hydrogens is 294 g/mol. The second-order valence-corrected chi connectivity index (χ2v) is 7.16. The number of hydrogen-bond acceptors (Lipinski definition) is 2. The van der Waals surface area contributed by atoms with Gasteiger partial charge in [0.25, 0.3) is 0 Å². The normalized spacial score (nSPS) is 21.6. The predicted molar refractivity (Wildman–Crippen MR) is 99.9 cm³/mol. The van der Waals surface area contributed by atoms with Crippen molar-refractivity contribution >= 4 is 11.6 Å². The standard InChI is InChI=1S/C22H25NO/c1-23-12-10-16(11-13-23)22-20-8-3-2-6-17(20)14-18(15-24)19-7-4-5-9-21(19)22/h2-9,14,16,22,24H,10-13,15H2,1H3. The topological polar surface area (TPSA) is 23.5 Å². The summed E-state index contributed by atoms with van der Waals surface area (Å²) in [6, 6.07) is 17.4. The molecule has 0 bridgehead atoms. The van der Waals surface area contributed by atoms with Gasteiger partial charge in [-0.3, -0.25) is 0 Å². The second-order valence-electron chi connectivity index (χ2n) is 7.16. The van der Waals surface area contributed by atoms with E-state index >= 15 is 0 Å². The third kappa shape index (κ3) is 2.70. The molecule has 0 aromatic heterocycles. The third-order valence-electron chi connectivity index (χ3n) is 5.71. The van der Waals surface area contributed by atoms with Crippen LogP contribution in [-0.4, -0.2) is 36.8 Å². The molecule has 0 spiro atoms. The fraction of sp³-hybridized carbons (Fsp3) is 0.364. The van der Waals surface area contributed by atoms with E-state index in [0.717, 1.165) is 5.57 Å². The Bertz CT molecular complexity index is 756. The highest BCUT2D eigenvalue weighted by molar-refractivity contribution is 5.86. The monoisotopic (exact) mass is 319 g/mol. The van der Waals surface area contributed by atoms with Gasteiger partial charge in [-0.25, -0.2) is 0 Å². The van der Waals surface area contributed by atoms with E-state index in [1.165, 1.54) is 48.2 Å². The van der Waals surface area contributed by atoms with Gasteiger partial charge < -0.3 is 10.0 Å². The van der Waals surface area contributed by atoms with Crippen LogP contribution in [0.25, 0.3) is 11.6 Å². The first-order valence-corrected chi connectivity index (χ1v) is 8.96. The number of likely N-dealkylation sites (tertiary alicyclic amines) is 1. The summed E-state index contributed by atoms with van der Waals surface area (Å²) < 4.78 is 0. The lowest BCUT2D eigenvalue weighted by Crippen LogP contribution is -2.33. The molecule has 1 unspecified atom stereocenters. The number of hydrogen-bond donors (Lipinski definition) is 1. The summed E-state index contributed by atoms with van der Waals surface area (Å²) in [6.07, 6.45) is 4.65. The quantitative estimate of drug-likeness (QED) is 0.904. The number of benzene rings is 2. The highest BCUT2D eigenvalue weighted by atomic mass is 16.3. The fourth-order valence-corrected chi connectivity index (χ4v) is 4.42. The van der Waals surface area contributed by atoms with Crippen molar-refractivity contribution in [2.45, 2.75) is 18.8 Å². The molecule has 2 nitrogen and oxygen atoms in total. The molecule has 1 N–H and O–H groups in total. The zero-order chi connectivity index (χ0) is 16.5. The minimum atomic E-state index is 0.0888. The number of nitrogens with zero attached hydrogens (tertiary/aromatic N) is 1. The average Bonchev–Trinajstić information content (AvgIpc) is 2.77. The van der Waals surface area contributed by atoms with Gasteiger partial charge >= 0.3 is 0 Å². The molecular formula is C22H25NO. The molecule has 124 valence electrons. The van der Waals surface area contributed by atoms with Gasteiger partial charge in [-0.1, -0.05) is 48.5 Å². The third-order valence-corrected chi connectivity index (χ3v) is 5.71. The highest BCUT2D eigenvalue weighted by Crippen LogP contribution is 2.44. The maximum absolute atomic E-state index is 9.94. The Kier molecular flexibility index (Phi) is 4.26. The summed E-state index contributed by atoms with van der Waals surface area (Å²) in [5, 5.41) is 9.94. The number of rotatable bonds is 2. The maximum Gasteiger partial charge on any atom is 0.0687 e. The van der Waals surface area contributed by atoms with Crippen molar-refractivity contribution in [2.24, 2.45) is 5.92 Å². The van der Waals surface area contributed by atoms with Gasteiger partial charge in [0.2, 0.25) is 0 Å². The van der Waals surface area contributed by atoms with Crippen LogP contribution in [0, 0.1) is 5.92 Å². The van der Waals surface area contributed by atoms with E-state index in [9.17, 15) is 5.11 Å². The molecule has 1 aliphatic heterocycles.